The van der Waals surface area contributed by atoms with Gasteiger partial charge in [0, 0.05) is 45.9 Å². The third kappa shape index (κ3) is 7.76. The lowest BCUT2D eigenvalue weighted by Gasteiger charge is -2.21. The highest BCUT2D eigenvalue weighted by atomic mass is 127. The number of para-hydroxylation sites is 1. The fourth-order valence-corrected chi connectivity index (χ4v) is 3.82. The van der Waals surface area contributed by atoms with Crippen LogP contribution >= 0.6 is 24.0 Å². The molecule has 8 heteroatoms. The Morgan fingerprint density at radius 2 is 2.06 bits per heavy atom. The summed E-state index contributed by atoms with van der Waals surface area (Å²) in [5.41, 5.74) is 3.49. The predicted octanol–water partition coefficient (Wildman–Crippen LogP) is 3.29. The molecule has 0 spiro atoms. The number of nitrogens with one attached hydrogen (secondary N) is 1. The molecule has 0 radical (unpaired) electrons. The summed E-state index contributed by atoms with van der Waals surface area (Å²) in [6.07, 6.45) is 5.33. The van der Waals surface area contributed by atoms with Crippen molar-refractivity contribution in [2.75, 3.05) is 53.6 Å². The quantitative estimate of drug-likeness (QED) is 0.217. The molecule has 1 N–H and O–H groups in total. The van der Waals surface area contributed by atoms with Crippen LogP contribution in [0, 0.1) is 12.8 Å². The molecule has 0 amide bonds. The molecule has 0 aliphatic carbocycles. The van der Waals surface area contributed by atoms with Crippen LogP contribution in [0.15, 0.2) is 41.5 Å². The van der Waals surface area contributed by atoms with Crippen LogP contribution in [0.2, 0.25) is 0 Å². The van der Waals surface area contributed by atoms with Crippen molar-refractivity contribution in [1.82, 2.24) is 20.0 Å². The molecule has 1 aromatic carbocycles. The van der Waals surface area contributed by atoms with Crippen LogP contribution in [0.3, 0.4) is 0 Å². The zero-order chi connectivity index (χ0) is 21.2. The van der Waals surface area contributed by atoms with Crippen LogP contribution in [0.25, 0.3) is 5.69 Å². The average molecular weight is 541 g/mol. The lowest BCUT2D eigenvalue weighted by Crippen LogP contribution is -2.40. The molecule has 1 aromatic heterocycles. The molecule has 3 rings (SSSR count). The molecular weight excluding hydrogens is 505 g/mol. The summed E-state index contributed by atoms with van der Waals surface area (Å²) in [5, 5.41) is 8.19. The minimum Gasteiger partial charge on any atom is -0.382 e. The smallest absolute Gasteiger partial charge is 0.193 e. The molecule has 1 aliphatic heterocycles. The molecule has 1 atom stereocenters. The minimum absolute atomic E-state index is 0. The van der Waals surface area contributed by atoms with Gasteiger partial charge in [0.05, 0.1) is 31.2 Å². The Kier molecular flexibility index (Phi) is 11.3. The van der Waals surface area contributed by atoms with Crippen molar-refractivity contribution in [3.05, 3.63) is 47.8 Å². The van der Waals surface area contributed by atoms with Gasteiger partial charge in [-0.1, -0.05) is 18.2 Å². The van der Waals surface area contributed by atoms with E-state index in [2.05, 4.69) is 45.6 Å². The Hall–Kier alpha value is -1.65. The molecule has 31 heavy (non-hydrogen) atoms. The topological polar surface area (TPSA) is 63.9 Å². The summed E-state index contributed by atoms with van der Waals surface area (Å²) in [5.74, 6) is 1.55. The number of aryl methyl sites for hydroxylation is 2. The standard InChI is InChI=1S/C23H35N5O2.HI/c1-19-21(17-28(26-19)22-9-5-4-6-10-22)8-7-12-25-23(24-2)27-13-11-20(16-27)18-30-15-14-29-3;/h4-6,9-10,17,20H,7-8,11-16,18H2,1-3H3,(H,24,25);1H. The summed E-state index contributed by atoms with van der Waals surface area (Å²) in [6.45, 7) is 7.12. The van der Waals surface area contributed by atoms with E-state index in [9.17, 15) is 0 Å². The second-order valence-electron chi connectivity index (χ2n) is 7.77. The number of halogens is 1. The molecule has 0 saturated carbocycles. The average Bonchev–Trinajstić information content (AvgIpc) is 3.39. The number of rotatable bonds is 10. The van der Waals surface area contributed by atoms with Crippen LogP contribution in [0.1, 0.15) is 24.1 Å². The Labute approximate surface area is 203 Å². The number of hydrogen-bond acceptors (Lipinski definition) is 4. The molecule has 172 valence electrons. The van der Waals surface area contributed by atoms with Gasteiger partial charge in [-0.05, 0) is 43.9 Å². The van der Waals surface area contributed by atoms with Crippen molar-refractivity contribution >= 4 is 29.9 Å². The summed E-state index contributed by atoms with van der Waals surface area (Å²) in [7, 11) is 3.56. The number of likely N-dealkylation sites (tertiary alicyclic amines) is 1. The monoisotopic (exact) mass is 541 g/mol. The molecule has 0 bridgehead atoms. The largest absolute Gasteiger partial charge is 0.382 e. The predicted molar refractivity (Wildman–Crippen MR) is 136 cm³/mol. The second-order valence-corrected chi connectivity index (χ2v) is 7.77. The summed E-state index contributed by atoms with van der Waals surface area (Å²) >= 11 is 0. The number of hydrogen-bond donors (Lipinski definition) is 1. The Balaban J connectivity index is 0.00000341. The molecule has 7 nitrogen and oxygen atoms in total. The highest BCUT2D eigenvalue weighted by Crippen LogP contribution is 2.17. The van der Waals surface area contributed by atoms with Crippen LogP contribution in [-0.4, -0.2) is 74.3 Å². The summed E-state index contributed by atoms with van der Waals surface area (Å²) in [6, 6.07) is 10.3. The fraction of sp³-hybridized carbons (Fsp3) is 0.565. The maximum Gasteiger partial charge on any atom is 0.193 e. The summed E-state index contributed by atoms with van der Waals surface area (Å²) < 4.78 is 12.7. The lowest BCUT2D eigenvalue weighted by atomic mass is 10.1. The number of benzene rings is 1. The molecule has 2 heterocycles. The van der Waals surface area contributed by atoms with E-state index < -0.39 is 0 Å². The van der Waals surface area contributed by atoms with Crippen molar-refractivity contribution in [3.8, 4) is 5.69 Å². The van der Waals surface area contributed by atoms with Gasteiger partial charge < -0.3 is 19.7 Å². The lowest BCUT2D eigenvalue weighted by molar-refractivity contribution is 0.0536. The van der Waals surface area contributed by atoms with E-state index in [-0.39, 0.29) is 24.0 Å². The van der Waals surface area contributed by atoms with Gasteiger partial charge in [0.2, 0.25) is 0 Å². The normalized spacial score (nSPS) is 16.4. The fourth-order valence-electron chi connectivity index (χ4n) is 3.82. The SMILES string of the molecule is CN=C(NCCCc1cn(-c2ccccc2)nc1C)N1CCC(COCCOC)C1.I. The van der Waals surface area contributed by atoms with E-state index in [4.69, 9.17) is 9.47 Å². The third-order valence-electron chi connectivity index (χ3n) is 5.51. The summed E-state index contributed by atoms with van der Waals surface area (Å²) in [4.78, 5) is 6.81. The van der Waals surface area contributed by atoms with Gasteiger partial charge in [0.15, 0.2) is 5.96 Å². The van der Waals surface area contributed by atoms with E-state index in [1.807, 2.05) is 29.9 Å². The van der Waals surface area contributed by atoms with E-state index in [0.717, 1.165) is 62.8 Å². The van der Waals surface area contributed by atoms with Crippen LogP contribution in [0.4, 0.5) is 0 Å². The highest BCUT2D eigenvalue weighted by molar-refractivity contribution is 14.0. The van der Waals surface area contributed by atoms with Crippen molar-refractivity contribution in [3.63, 3.8) is 0 Å². The first-order chi connectivity index (χ1) is 14.7. The van der Waals surface area contributed by atoms with Crippen LogP contribution in [-0.2, 0) is 15.9 Å². The van der Waals surface area contributed by atoms with Gasteiger partial charge in [-0.25, -0.2) is 4.68 Å². The highest BCUT2D eigenvalue weighted by Gasteiger charge is 2.24. The first-order valence-corrected chi connectivity index (χ1v) is 10.8. The number of methoxy groups -OCH3 is 1. The number of aliphatic imine (C=N–C) groups is 1. The number of nitrogens with zero attached hydrogens (tertiary/aromatic N) is 4. The first kappa shape index (κ1) is 25.6. The van der Waals surface area contributed by atoms with Gasteiger partial charge in [-0.3, -0.25) is 4.99 Å². The van der Waals surface area contributed by atoms with Gasteiger partial charge in [0.25, 0.3) is 0 Å². The van der Waals surface area contributed by atoms with E-state index in [1.165, 1.54) is 5.56 Å². The Morgan fingerprint density at radius 1 is 1.26 bits per heavy atom. The molecule has 1 aliphatic rings. The second kappa shape index (κ2) is 13.7. The molecular formula is C23H36IN5O2. The van der Waals surface area contributed by atoms with Gasteiger partial charge in [0.1, 0.15) is 0 Å². The van der Waals surface area contributed by atoms with Crippen molar-refractivity contribution < 1.29 is 9.47 Å². The number of ether oxygens (including phenoxy) is 2. The third-order valence-corrected chi connectivity index (χ3v) is 5.51. The van der Waals surface area contributed by atoms with Crippen molar-refractivity contribution in [2.24, 2.45) is 10.9 Å². The first-order valence-electron chi connectivity index (χ1n) is 10.8. The maximum atomic E-state index is 5.69. The molecule has 1 saturated heterocycles. The van der Waals surface area contributed by atoms with Gasteiger partial charge >= 0.3 is 0 Å². The number of guanidine groups is 1. The van der Waals surface area contributed by atoms with Gasteiger partial charge in [-0.15, -0.1) is 24.0 Å². The molecule has 2 aromatic rings. The van der Waals surface area contributed by atoms with E-state index >= 15 is 0 Å². The van der Waals surface area contributed by atoms with Crippen molar-refractivity contribution in [1.29, 1.82) is 0 Å². The van der Waals surface area contributed by atoms with Crippen LogP contribution < -0.4 is 5.32 Å². The van der Waals surface area contributed by atoms with Gasteiger partial charge in [-0.2, -0.15) is 5.10 Å². The van der Waals surface area contributed by atoms with E-state index in [1.54, 1.807) is 7.11 Å². The Bertz CT molecular complexity index is 797. The number of aromatic nitrogens is 2. The maximum absolute atomic E-state index is 5.69. The Morgan fingerprint density at radius 3 is 2.81 bits per heavy atom. The van der Waals surface area contributed by atoms with Crippen molar-refractivity contribution in [2.45, 2.75) is 26.2 Å². The molecule has 1 fully saturated rings. The zero-order valence-electron chi connectivity index (χ0n) is 18.9. The van der Waals surface area contributed by atoms with E-state index in [0.29, 0.717) is 19.1 Å². The molecule has 1 unspecified atom stereocenters. The van der Waals surface area contributed by atoms with Crippen LogP contribution in [0.5, 0.6) is 0 Å². The minimum atomic E-state index is 0. The zero-order valence-corrected chi connectivity index (χ0v) is 21.2.